The molecule has 0 bridgehead atoms. The SMILES string of the molecule is CN(CC1CCCO1)C(=O)c1cc(Br)cnc1Cl. The van der Waals surface area contributed by atoms with Crippen LogP contribution < -0.4 is 0 Å². The van der Waals surface area contributed by atoms with Gasteiger partial charge >= 0.3 is 0 Å². The smallest absolute Gasteiger partial charge is 0.256 e. The Kier molecular flexibility index (Phi) is 4.59. The summed E-state index contributed by atoms with van der Waals surface area (Å²) < 4.78 is 6.25. The third kappa shape index (κ3) is 3.22. The lowest BCUT2D eigenvalue weighted by Crippen LogP contribution is -2.34. The van der Waals surface area contributed by atoms with E-state index in [1.165, 1.54) is 0 Å². The van der Waals surface area contributed by atoms with Gasteiger partial charge in [-0.2, -0.15) is 0 Å². The lowest BCUT2D eigenvalue weighted by atomic mass is 10.2. The number of hydrogen-bond donors (Lipinski definition) is 0. The van der Waals surface area contributed by atoms with E-state index in [0.29, 0.717) is 12.1 Å². The Hall–Kier alpha value is -0.650. The predicted octanol–water partition coefficient (Wildman–Crippen LogP) is 2.75. The van der Waals surface area contributed by atoms with Gasteiger partial charge in [-0.3, -0.25) is 4.79 Å². The minimum atomic E-state index is -0.135. The summed E-state index contributed by atoms with van der Waals surface area (Å²) in [6, 6.07) is 1.68. The van der Waals surface area contributed by atoms with Crippen molar-refractivity contribution in [1.82, 2.24) is 9.88 Å². The third-order valence-electron chi connectivity index (χ3n) is 2.88. The van der Waals surface area contributed by atoms with Gasteiger partial charge in [0.05, 0.1) is 11.7 Å². The molecule has 1 saturated heterocycles. The molecular formula is C12H14BrClN2O2. The lowest BCUT2D eigenvalue weighted by Gasteiger charge is -2.21. The van der Waals surface area contributed by atoms with Gasteiger partial charge < -0.3 is 9.64 Å². The maximum absolute atomic E-state index is 12.2. The summed E-state index contributed by atoms with van der Waals surface area (Å²) in [5.74, 6) is -0.135. The Balaban J connectivity index is 2.07. The van der Waals surface area contributed by atoms with Gasteiger partial charge in [-0.25, -0.2) is 4.98 Å². The summed E-state index contributed by atoms with van der Waals surface area (Å²) in [5.41, 5.74) is 0.409. The molecule has 1 aliphatic heterocycles. The minimum Gasteiger partial charge on any atom is -0.376 e. The Morgan fingerprint density at radius 3 is 3.17 bits per heavy atom. The molecule has 6 heteroatoms. The van der Waals surface area contributed by atoms with Crippen molar-refractivity contribution >= 4 is 33.4 Å². The zero-order valence-corrected chi connectivity index (χ0v) is 12.4. The predicted molar refractivity (Wildman–Crippen MR) is 72.9 cm³/mol. The molecule has 1 amide bonds. The van der Waals surface area contributed by atoms with E-state index >= 15 is 0 Å². The van der Waals surface area contributed by atoms with Crippen molar-refractivity contribution in [2.75, 3.05) is 20.2 Å². The molecule has 0 aliphatic carbocycles. The van der Waals surface area contributed by atoms with Crippen LogP contribution in [0.15, 0.2) is 16.7 Å². The van der Waals surface area contributed by atoms with Crippen LogP contribution in [0.4, 0.5) is 0 Å². The van der Waals surface area contributed by atoms with Gasteiger partial charge in [-0.15, -0.1) is 0 Å². The fraction of sp³-hybridized carbons (Fsp3) is 0.500. The largest absolute Gasteiger partial charge is 0.376 e. The molecule has 18 heavy (non-hydrogen) atoms. The van der Waals surface area contributed by atoms with E-state index in [4.69, 9.17) is 16.3 Å². The number of ether oxygens (including phenoxy) is 1. The van der Waals surface area contributed by atoms with Crippen LogP contribution in [0.3, 0.4) is 0 Å². The number of pyridine rings is 1. The summed E-state index contributed by atoms with van der Waals surface area (Å²) in [5, 5.41) is 0.224. The summed E-state index contributed by atoms with van der Waals surface area (Å²) in [6.07, 6.45) is 3.77. The Morgan fingerprint density at radius 1 is 1.72 bits per heavy atom. The second-order valence-corrected chi connectivity index (χ2v) is 5.59. The summed E-state index contributed by atoms with van der Waals surface area (Å²) in [6.45, 7) is 1.37. The lowest BCUT2D eigenvalue weighted by molar-refractivity contribution is 0.0587. The van der Waals surface area contributed by atoms with Crippen molar-refractivity contribution in [3.63, 3.8) is 0 Å². The molecule has 4 nitrogen and oxygen atoms in total. The van der Waals surface area contributed by atoms with Crippen LogP contribution in [0.2, 0.25) is 5.15 Å². The van der Waals surface area contributed by atoms with E-state index < -0.39 is 0 Å². The topological polar surface area (TPSA) is 42.4 Å². The second kappa shape index (κ2) is 5.99. The van der Waals surface area contributed by atoms with Gasteiger partial charge in [0.25, 0.3) is 5.91 Å². The van der Waals surface area contributed by atoms with Gasteiger partial charge in [0, 0.05) is 30.9 Å². The highest BCUT2D eigenvalue weighted by Crippen LogP contribution is 2.20. The Bertz CT molecular complexity index is 450. The van der Waals surface area contributed by atoms with E-state index in [-0.39, 0.29) is 17.2 Å². The molecule has 2 rings (SSSR count). The first-order valence-corrected chi connectivity index (χ1v) is 6.93. The summed E-state index contributed by atoms with van der Waals surface area (Å²) >= 11 is 9.23. The Morgan fingerprint density at radius 2 is 2.50 bits per heavy atom. The molecule has 0 radical (unpaired) electrons. The molecule has 98 valence electrons. The molecule has 0 spiro atoms. The molecule has 1 aromatic rings. The van der Waals surface area contributed by atoms with Crippen molar-refractivity contribution < 1.29 is 9.53 Å². The monoisotopic (exact) mass is 332 g/mol. The van der Waals surface area contributed by atoms with E-state index in [1.807, 2.05) is 0 Å². The van der Waals surface area contributed by atoms with Gasteiger partial charge in [0.15, 0.2) is 0 Å². The minimum absolute atomic E-state index is 0.135. The average Bonchev–Trinajstić information content (AvgIpc) is 2.84. The maximum Gasteiger partial charge on any atom is 0.256 e. The van der Waals surface area contributed by atoms with Crippen LogP contribution in [0.5, 0.6) is 0 Å². The van der Waals surface area contributed by atoms with Gasteiger partial charge in [0.1, 0.15) is 5.15 Å². The normalized spacial score (nSPS) is 18.9. The summed E-state index contributed by atoms with van der Waals surface area (Å²) in [7, 11) is 1.75. The van der Waals surface area contributed by atoms with Crippen LogP contribution in [-0.4, -0.2) is 42.1 Å². The zero-order valence-electron chi connectivity index (χ0n) is 10.0. The molecule has 1 aromatic heterocycles. The number of nitrogens with zero attached hydrogens (tertiary/aromatic N) is 2. The van der Waals surface area contributed by atoms with Crippen LogP contribution in [0, 0.1) is 0 Å². The van der Waals surface area contributed by atoms with Crippen molar-refractivity contribution in [1.29, 1.82) is 0 Å². The number of hydrogen-bond acceptors (Lipinski definition) is 3. The third-order valence-corrected chi connectivity index (χ3v) is 3.62. The number of halogens is 2. The molecule has 1 unspecified atom stereocenters. The number of aromatic nitrogens is 1. The van der Waals surface area contributed by atoms with E-state index in [0.717, 1.165) is 23.9 Å². The average molecular weight is 334 g/mol. The molecule has 0 aromatic carbocycles. The van der Waals surface area contributed by atoms with Crippen molar-refractivity contribution in [3.05, 3.63) is 27.5 Å². The van der Waals surface area contributed by atoms with Gasteiger partial charge in [-0.1, -0.05) is 11.6 Å². The fourth-order valence-corrected chi connectivity index (χ4v) is 2.47. The molecule has 0 N–H and O–H groups in total. The highest BCUT2D eigenvalue weighted by atomic mass is 79.9. The maximum atomic E-state index is 12.2. The fourth-order valence-electron chi connectivity index (χ4n) is 1.95. The van der Waals surface area contributed by atoms with Crippen molar-refractivity contribution in [2.24, 2.45) is 0 Å². The van der Waals surface area contributed by atoms with Crippen LogP contribution in [0.25, 0.3) is 0 Å². The summed E-state index contributed by atoms with van der Waals surface area (Å²) in [4.78, 5) is 17.8. The first kappa shape index (κ1) is 13.8. The molecule has 2 heterocycles. The zero-order chi connectivity index (χ0) is 13.1. The first-order valence-electron chi connectivity index (χ1n) is 5.76. The second-order valence-electron chi connectivity index (χ2n) is 4.31. The number of carbonyl (C=O) groups excluding carboxylic acids is 1. The highest BCUT2D eigenvalue weighted by Gasteiger charge is 2.22. The Labute approximate surface area is 119 Å². The van der Waals surface area contributed by atoms with E-state index in [1.54, 1.807) is 24.2 Å². The quantitative estimate of drug-likeness (QED) is 0.799. The molecule has 1 aliphatic rings. The number of rotatable bonds is 3. The molecule has 0 saturated carbocycles. The standard InChI is InChI=1S/C12H14BrClN2O2/c1-16(7-9-3-2-4-18-9)12(17)10-5-8(13)6-15-11(10)14/h5-6,9H,2-4,7H2,1H3. The highest BCUT2D eigenvalue weighted by molar-refractivity contribution is 9.10. The van der Waals surface area contributed by atoms with Crippen LogP contribution in [-0.2, 0) is 4.74 Å². The number of carbonyl (C=O) groups is 1. The molecule has 1 fully saturated rings. The van der Waals surface area contributed by atoms with Crippen LogP contribution in [0.1, 0.15) is 23.2 Å². The first-order chi connectivity index (χ1) is 8.58. The number of likely N-dealkylation sites (N-methyl/N-ethyl adjacent to an activating group) is 1. The van der Waals surface area contributed by atoms with Crippen molar-refractivity contribution in [2.45, 2.75) is 18.9 Å². The van der Waals surface area contributed by atoms with Gasteiger partial charge in [0.2, 0.25) is 0 Å². The van der Waals surface area contributed by atoms with E-state index in [9.17, 15) is 4.79 Å². The number of amides is 1. The van der Waals surface area contributed by atoms with Gasteiger partial charge in [-0.05, 0) is 34.8 Å². The van der Waals surface area contributed by atoms with Crippen LogP contribution >= 0.6 is 27.5 Å². The van der Waals surface area contributed by atoms with E-state index in [2.05, 4.69) is 20.9 Å². The van der Waals surface area contributed by atoms with Crippen molar-refractivity contribution in [3.8, 4) is 0 Å². The molecular weight excluding hydrogens is 320 g/mol. The molecule has 1 atom stereocenters.